The Labute approximate surface area is 124 Å². The molecule has 0 saturated carbocycles. The maximum Gasteiger partial charge on any atom is 0.123 e. The van der Waals surface area contributed by atoms with Crippen LogP contribution >= 0.6 is 11.3 Å². The van der Waals surface area contributed by atoms with E-state index in [0.29, 0.717) is 0 Å². The lowest BCUT2D eigenvalue weighted by atomic mass is 10.0. The van der Waals surface area contributed by atoms with Crippen molar-refractivity contribution >= 4 is 22.7 Å². The molecule has 0 fully saturated rings. The molecule has 0 radical (unpaired) electrons. The van der Waals surface area contributed by atoms with Crippen molar-refractivity contribution in [2.45, 2.75) is 40.2 Å². The van der Waals surface area contributed by atoms with Gasteiger partial charge in [-0.05, 0) is 50.5 Å². The van der Waals surface area contributed by atoms with Gasteiger partial charge in [-0.2, -0.15) is 0 Å². The first-order chi connectivity index (χ1) is 9.52. The smallest absolute Gasteiger partial charge is 0.123 e. The predicted molar refractivity (Wildman–Crippen MR) is 86.0 cm³/mol. The van der Waals surface area contributed by atoms with E-state index in [1.807, 2.05) is 24.4 Å². The van der Waals surface area contributed by atoms with Crippen LogP contribution in [0.1, 0.15) is 44.4 Å². The zero-order valence-corrected chi connectivity index (χ0v) is 13.2. The molecular weight excluding hydrogens is 268 g/mol. The molecule has 1 heterocycles. The average Bonchev–Trinajstić information content (AvgIpc) is 2.94. The fourth-order valence-electron chi connectivity index (χ4n) is 1.94. The first-order valence-electron chi connectivity index (χ1n) is 6.79. The van der Waals surface area contributed by atoms with Crippen molar-refractivity contribution in [1.82, 2.24) is 4.98 Å². The number of nitrogens with zero attached hydrogens (tertiary/aromatic N) is 2. The number of rotatable bonds is 4. The van der Waals surface area contributed by atoms with Gasteiger partial charge in [0.05, 0.1) is 11.8 Å². The second-order valence-corrected chi connectivity index (χ2v) is 5.82. The van der Waals surface area contributed by atoms with Crippen LogP contribution < -0.4 is 0 Å². The van der Waals surface area contributed by atoms with Crippen LogP contribution in [0.3, 0.4) is 0 Å². The van der Waals surface area contributed by atoms with E-state index < -0.39 is 6.10 Å². The summed E-state index contributed by atoms with van der Waals surface area (Å²) in [6.45, 7) is 7.95. The van der Waals surface area contributed by atoms with Gasteiger partial charge >= 0.3 is 0 Å². The Kier molecular flexibility index (Phi) is 4.68. The molecule has 106 valence electrons. The second-order valence-electron chi connectivity index (χ2n) is 4.93. The molecule has 20 heavy (non-hydrogen) atoms. The van der Waals surface area contributed by atoms with Gasteiger partial charge in [-0.3, -0.25) is 4.99 Å². The van der Waals surface area contributed by atoms with Crippen LogP contribution in [-0.4, -0.2) is 15.8 Å². The molecule has 0 saturated heterocycles. The molecule has 0 aliphatic carbocycles. The fourth-order valence-corrected chi connectivity index (χ4v) is 2.65. The fraction of sp³-hybridized carbons (Fsp3) is 0.375. The van der Waals surface area contributed by atoms with Gasteiger partial charge in [0.2, 0.25) is 0 Å². The Hall–Kier alpha value is -1.52. The lowest BCUT2D eigenvalue weighted by molar-refractivity contribution is 0.199. The molecule has 2 aromatic rings. The monoisotopic (exact) mass is 288 g/mol. The van der Waals surface area contributed by atoms with Gasteiger partial charge in [0.15, 0.2) is 0 Å². The summed E-state index contributed by atoms with van der Waals surface area (Å²) in [5.41, 5.74) is 5.05. The van der Waals surface area contributed by atoms with Crippen LogP contribution in [-0.2, 0) is 0 Å². The zero-order chi connectivity index (χ0) is 14.7. The van der Waals surface area contributed by atoms with Crippen molar-refractivity contribution in [3.8, 4) is 10.6 Å². The number of aliphatic hydroxyl groups excluding tert-OH is 1. The van der Waals surface area contributed by atoms with Crippen LogP contribution in [0.25, 0.3) is 10.6 Å². The molecular formula is C16H20N2OS. The van der Waals surface area contributed by atoms with E-state index in [1.54, 1.807) is 24.5 Å². The lowest BCUT2D eigenvalue weighted by Gasteiger charge is -2.13. The summed E-state index contributed by atoms with van der Waals surface area (Å²) in [5.74, 6) is 0. The number of benzene rings is 1. The molecule has 3 nitrogen and oxygen atoms in total. The third kappa shape index (κ3) is 3.14. The zero-order valence-electron chi connectivity index (χ0n) is 12.3. The van der Waals surface area contributed by atoms with Gasteiger partial charge in [-0.1, -0.05) is 6.92 Å². The maximum atomic E-state index is 9.89. The molecule has 0 bridgehead atoms. The second kappa shape index (κ2) is 6.29. The molecule has 4 heteroatoms. The average molecular weight is 288 g/mol. The van der Waals surface area contributed by atoms with Gasteiger partial charge in [0.25, 0.3) is 0 Å². The SMILES string of the molecule is CC/C(C)=N\c1cc(C(C)O)cc(-c2nccs2)c1C. The highest BCUT2D eigenvalue weighted by molar-refractivity contribution is 7.13. The Morgan fingerprint density at radius 3 is 2.75 bits per heavy atom. The number of aliphatic hydroxyl groups is 1. The van der Waals surface area contributed by atoms with Crippen molar-refractivity contribution < 1.29 is 5.11 Å². The van der Waals surface area contributed by atoms with Crippen LogP contribution in [0.15, 0.2) is 28.7 Å². The summed E-state index contributed by atoms with van der Waals surface area (Å²) >= 11 is 1.60. The number of aromatic nitrogens is 1. The van der Waals surface area contributed by atoms with Crippen molar-refractivity contribution in [2.24, 2.45) is 4.99 Å². The van der Waals surface area contributed by atoms with Crippen molar-refractivity contribution in [3.63, 3.8) is 0 Å². The minimum absolute atomic E-state index is 0.509. The summed E-state index contributed by atoms with van der Waals surface area (Å²) in [6.07, 6.45) is 2.21. The Morgan fingerprint density at radius 2 is 2.20 bits per heavy atom. The highest BCUT2D eigenvalue weighted by Crippen LogP contribution is 2.35. The van der Waals surface area contributed by atoms with E-state index in [9.17, 15) is 5.11 Å². The molecule has 0 aliphatic rings. The maximum absolute atomic E-state index is 9.89. The first kappa shape index (κ1) is 14.9. The minimum atomic E-state index is -0.509. The van der Waals surface area contributed by atoms with Gasteiger partial charge in [-0.25, -0.2) is 4.98 Å². The van der Waals surface area contributed by atoms with Gasteiger partial charge in [0, 0.05) is 22.9 Å². The first-order valence-corrected chi connectivity index (χ1v) is 7.67. The highest BCUT2D eigenvalue weighted by Gasteiger charge is 2.13. The predicted octanol–water partition coefficient (Wildman–Crippen LogP) is 4.67. The normalized spacial score (nSPS) is 13.6. The van der Waals surface area contributed by atoms with Crippen LogP contribution in [0.4, 0.5) is 5.69 Å². The highest BCUT2D eigenvalue weighted by atomic mass is 32.1. The topological polar surface area (TPSA) is 45.5 Å². The van der Waals surface area contributed by atoms with Crippen molar-refractivity contribution in [2.75, 3.05) is 0 Å². The third-order valence-corrected chi connectivity index (χ3v) is 4.18. The molecule has 2 rings (SSSR count). The Balaban J connectivity index is 2.63. The molecule has 1 unspecified atom stereocenters. The van der Waals surface area contributed by atoms with E-state index in [1.165, 1.54) is 0 Å². The van der Waals surface area contributed by atoms with Crippen molar-refractivity contribution in [3.05, 3.63) is 34.8 Å². The number of thiazole rings is 1. The Morgan fingerprint density at radius 1 is 1.45 bits per heavy atom. The molecule has 1 N–H and O–H groups in total. The summed E-state index contributed by atoms with van der Waals surface area (Å²) in [5, 5.41) is 12.8. The van der Waals surface area contributed by atoms with Crippen LogP contribution in [0, 0.1) is 6.92 Å². The summed E-state index contributed by atoms with van der Waals surface area (Å²) in [7, 11) is 0. The number of aliphatic imine (C=N–C) groups is 1. The van der Waals surface area contributed by atoms with E-state index >= 15 is 0 Å². The number of hydrogen-bond acceptors (Lipinski definition) is 4. The van der Waals surface area contributed by atoms with Gasteiger partial charge in [-0.15, -0.1) is 11.3 Å². The number of hydrogen-bond donors (Lipinski definition) is 1. The molecule has 0 amide bonds. The molecule has 1 aromatic heterocycles. The summed E-state index contributed by atoms with van der Waals surface area (Å²) in [4.78, 5) is 9.05. The molecule has 0 aliphatic heterocycles. The van der Waals surface area contributed by atoms with Crippen LogP contribution in [0.5, 0.6) is 0 Å². The van der Waals surface area contributed by atoms with Crippen LogP contribution in [0.2, 0.25) is 0 Å². The largest absolute Gasteiger partial charge is 0.389 e. The van der Waals surface area contributed by atoms with E-state index in [0.717, 1.165) is 39.5 Å². The minimum Gasteiger partial charge on any atom is -0.389 e. The Bertz CT molecular complexity index is 616. The third-order valence-electron chi connectivity index (χ3n) is 3.37. The van der Waals surface area contributed by atoms with E-state index in [-0.39, 0.29) is 0 Å². The standard InChI is InChI=1S/C16H20N2OS/c1-5-10(2)18-15-9-13(12(4)19)8-14(11(15)3)16-17-6-7-20-16/h6-9,12,19H,5H2,1-4H3/b18-10-. The summed E-state index contributed by atoms with van der Waals surface area (Å²) in [6, 6.07) is 3.98. The van der Waals surface area contributed by atoms with E-state index in [4.69, 9.17) is 0 Å². The van der Waals surface area contributed by atoms with Gasteiger partial charge in [0.1, 0.15) is 5.01 Å². The van der Waals surface area contributed by atoms with E-state index in [2.05, 4.69) is 23.8 Å². The van der Waals surface area contributed by atoms with Crippen molar-refractivity contribution in [1.29, 1.82) is 0 Å². The molecule has 1 atom stereocenters. The van der Waals surface area contributed by atoms with Gasteiger partial charge < -0.3 is 5.11 Å². The molecule has 0 spiro atoms. The summed E-state index contributed by atoms with van der Waals surface area (Å²) < 4.78 is 0. The molecule has 1 aromatic carbocycles. The quantitative estimate of drug-likeness (QED) is 0.831. The lowest BCUT2D eigenvalue weighted by Crippen LogP contribution is -1.95.